The van der Waals surface area contributed by atoms with E-state index in [1.807, 2.05) is 12.2 Å². The minimum atomic E-state index is 0.862. The molecule has 0 aliphatic carbocycles. The van der Waals surface area contributed by atoms with Gasteiger partial charge in [-0.3, -0.25) is 0 Å². The van der Waals surface area contributed by atoms with E-state index in [0.717, 1.165) is 51.7 Å². The van der Waals surface area contributed by atoms with Crippen LogP contribution < -0.4 is 9.80 Å². The summed E-state index contributed by atoms with van der Waals surface area (Å²) >= 11 is 0. The van der Waals surface area contributed by atoms with Gasteiger partial charge in [-0.2, -0.15) is 0 Å². The van der Waals surface area contributed by atoms with E-state index in [9.17, 15) is 0 Å². The molecule has 7 aromatic carbocycles. The number of hydrogen-bond donors (Lipinski definition) is 0. The van der Waals surface area contributed by atoms with Crippen LogP contribution in [0.1, 0.15) is 44.4 Å². The van der Waals surface area contributed by atoms with Gasteiger partial charge in [0, 0.05) is 34.1 Å². The van der Waals surface area contributed by atoms with E-state index in [1.54, 1.807) is 6.08 Å². The summed E-state index contributed by atoms with van der Waals surface area (Å²) in [6.45, 7) is 12.4. The highest BCUT2D eigenvalue weighted by Crippen LogP contribution is 2.36. The molecule has 0 bridgehead atoms. The summed E-state index contributed by atoms with van der Waals surface area (Å²) in [5.41, 5.74) is 17.4. The highest BCUT2D eigenvalue weighted by molar-refractivity contribution is 5.78. The van der Waals surface area contributed by atoms with Crippen LogP contribution in [0, 0.1) is 0 Å². The zero-order valence-corrected chi connectivity index (χ0v) is 36.9. The van der Waals surface area contributed by atoms with Crippen molar-refractivity contribution in [2.24, 2.45) is 0 Å². The fraction of sp³-hybridized carbons (Fsp3) is 0.0820. The first kappa shape index (κ1) is 43.4. The summed E-state index contributed by atoms with van der Waals surface area (Å²) in [5, 5.41) is 0. The van der Waals surface area contributed by atoms with Crippen molar-refractivity contribution in [3.05, 3.63) is 277 Å². The van der Waals surface area contributed by atoms with Gasteiger partial charge in [-0.25, -0.2) is 0 Å². The van der Waals surface area contributed by atoms with Gasteiger partial charge in [0.2, 0.25) is 0 Å². The highest BCUT2D eigenvalue weighted by atomic mass is 15.1. The number of hydrogen-bond acceptors (Lipinski definition) is 2. The predicted octanol–water partition coefficient (Wildman–Crippen LogP) is 17.2. The average molecular weight is 817 g/mol. The van der Waals surface area contributed by atoms with Gasteiger partial charge in [0.15, 0.2) is 0 Å². The molecule has 0 aromatic heterocycles. The van der Waals surface area contributed by atoms with Crippen LogP contribution in [0.4, 0.5) is 22.7 Å². The molecule has 0 N–H and O–H groups in total. The molecule has 0 fully saturated rings. The molecule has 0 saturated heterocycles. The van der Waals surface area contributed by atoms with Crippen molar-refractivity contribution in [2.45, 2.75) is 34.1 Å². The Morgan fingerprint density at radius 1 is 0.444 bits per heavy atom. The zero-order valence-electron chi connectivity index (χ0n) is 36.9. The van der Waals surface area contributed by atoms with Crippen LogP contribution in [0.5, 0.6) is 0 Å². The standard InChI is InChI=1S/C61H56N2/c1-6-8-12-20-47(3)52-31-39-58(40-32-52)62(49(5)30-29-48(4)51-24-15-10-16-25-51)59-41-33-55(34-42-59)56-37-45-61(46-38-56)63(57(7-2)28-19-23-50-21-13-9-14-22-50)60-43-35-54(36-44-60)53-26-17-11-18-27-53/h6-22,24-46H,1,23H2,2-5H3/b12-8-,28-19-,47-20+,48-29+,49-30+,57-7+. The number of benzene rings is 7. The molecule has 0 spiro atoms. The lowest BCUT2D eigenvalue weighted by atomic mass is 10.0. The normalized spacial score (nSPS) is 12.5. The second-order valence-electron chi connectivity index (χ2n) is 15.5. The molecular formula is C61H56N2. The maximum Gasteiger partial charge on any atom is 0.0461 e. The molecular weight excluding hydrogens is 761 g/mol. The lowest BCUT2D eigenvalue weighted by Crippen LogP contribution is -2.15. The Morgan fingerprint density at radius 3 is 1.38 bits per heavy atom. The minimum Gasteiger partial charge on any atom is -0.315 e. The lowest BCUT2D eigenvalue weighted by Gasteiger charge is -2.27. The molecule has 0 amide bonds. The van der Waals surface area contributed by atoms with Crippen LogP contribution >= 0.6 is 0 Å². The van der Waals surface area contributed by atoms with Gasteiger partial charge in [0.05, 0.1) is 0 Å². The third-order valence-electron chi connectivity index (χ3n) is 11.2. The Labute approximate surface area is 375 Å². The van der Waals surface area contributed by atoms with Crippen molar-refractivity contribution >= 4 is 33.9 Å². The molecule has 0 aliphatic heterocycles. The Hall–Kier alpha value is -7.68. The Morgan fingerprint density at radius 2 is 0.873 bits per heavy atom. The number of allylic oxidation sites excluding steroid dienone is 12. The van der Waals surface area contributed by atoms with Crippen molar-refractivity contribution < 1.29 is 0 Å². The molecule has 0 atom stereocenters. The van der Waals surface area contributed by atoms with Crippen LogP contribution in [0.2, 0.25) is 0 Å². The third-order valence-corrected chi connectivity index (χ3v) is 11.2. The lowest BCUT2D eigenvalue weighted by molar-refractivity contribution is 1.15. The largest absolute Gasteiger partial charge is 0.315 e. The maximum absolute atomic E-state index is 3.79. The number of nitrogens with zero attached hydrogens (tertiary/aromatic N) is 2. The van der Waals surface area contributed by atoms with Gasteiger partial charge in [0.1, 0.15) is 0 Å². The molecule has 7 aromatic rings. The fourth-order valence-electron chi connectivity index (χ4n) is 7.64. The van der Waals surface area contributed by atoms with Crippen LogP contribution in [0.3, 0.4) is 0 Å². The van der Waals surface area contributed by atoms with Crippen molar-refractivity contribution in [3.63, 3.8) is 0 Å². The van der Waals surface area contributed by atoms with Crippen LogP contribution in [-0.2, 0) is 6.42 Å². The summed E-state index contributed by atoms with van der Waals surface area (Å²) in [6, 6.07) is 67.2. The maximum atomic E-state index is 3.79. The van der Waals surface area contributed by atoms with Gasteiger partial charge in [-0.15, -0.1) is 0 Å². The molecule has 0 heterocycles. The molecule has 7 rings (SSSR count). The first-order valence-corrected chi connectivity index (χ1v) is 21.7. The molecule has 2 nitrogen and oxygen atoms in total. The van der Waals surface area contributed by atoms with E-state index in [2.05, 4.69) is 269 Å². The van der Waals surface area contributed by atoms with E-state index in [0.29, 0.717) is 0 Å². The first-order chi connectivity index (χ1) is 30.9. The quantitative estimate of drug-likeness (QED) is 0.0897. The second kappa shape index (κ2) is 21.7. The van der Waals surface area contributed by atoms with Crippen molar-refractivity contribution in [3.8, 4) is 22.3 Å². The summed E-state index contributed by atoms with van der Waals surface area (Å²) in [7, 11) is 0. The van der Waals surface area contributed by atoms with Gasteiger partial charge in [0.25, 0.3) is 0 Å². The monoisotopic (exact) mass is 816 g/mol. The molecule has 63 heavy (non-hydrogen) atoms. The van der Waals surface area contributed by atoms with Gasteiger partial charge >= 0.3 is 0 Å². The topological polar surface area (TPSA) is 6.48 Å². The predicted molar refractivity (Wildman–Crippen MR) is 274 cm³/mol. The average Bonchev–Trinajstić information content (AvgIpc) is 3.34. The highest BCUT2D eigenvalue weighted by Gasteiger charge is 2.15. The summed E-state index contributed by atoms with van der Waals surface area (Å²) in [6.07, 6.45) is 19.8. The zero-order chi connectivity index (χ0) is 43.8. The Kier molecular flexibility index (Phi) is 15.0. The van der Waals surface area contributed by atoms with E-state index < -0.39 is 0 Å². The Bertz CT molecular complexity index is 2730. The molecule has 0 radical (unpaired) electrons. The van der Waals surface area contributed by atoms with Gasteiger partial charge in [-0.1, -0.05) is 189 Å². The van der Waals surface area contributed by atoms with Crippen molar-refractivity contribution in [1.29, 1.82) is 0 Å². The van der Waals surface area contributed by atoms with Crippen LogP contribution in [-0.4, -0.2) is 0 Å². The smallest absolute Gasteiger partial charge is 0.0461 e. The van der Waals surface area contributed by atoms with E-state index in [4.69, 9.17) is 0 Å². The van der Waals surface area contributed by atoms with Gasteiger partial charge in [-0.05, 0) is 145 Å². The van der Waals surface area contributed by atoms with E-state index in [-0.39, 0.29) is 0 Å². The third kappa shape index (κ3) is 11.4. The number of rotatable bonds is 16. The molecule has 310 valence electrons. The van der Waals surface area contributed by atoms with Crippen LogP contribution in [0.25, 0.3) is 33.4 Å². The fourth-order valence-corrected chi connectivity index (χ4v) is 7.64. The second-order valence-corrected chi connectivity index (χ2v) is 15.5. The van der Waals surface area contributed by atoms with E-state index in [1.165, 1.54) is 39.0 Å². The molecule has 2 heteroatoms. The summed E-state index contributed by atoms with van der Waals surface area (Å²) in [4.78, 5) is 4.66. The molecule has 0 aliphatic rings. The van der Waals surface area contributed by atoms with Crippen molar-refractivity contribution in [2.75, 3.05) is 9.80 Å². The minimum absolute atomic E-state index is 0.862. The molecule has 0 saturated carbocycles. The molecule has 0 unspecified atom stereocenters. The van der Waals surface area contributed by atoms with Crippen molar-refractivity contribution in [1.82, 2.24) is 0 Å². The summed E-state index contributed by atoms with van der Waals surface area (Å²) < 4.78 is 0. The summed E-state index contributed by atoms with van der Waals surface area (Å²) in [5.74, 6) is 0. The van der Waals surface area contributed by atoms with Gasteiger partial charge < -0.3 is 9.80 Å². The van der Waals surface area contributed by atoms with E-state index >= 15 is 0 Å². The SMILES string of the molecule is C=C/C=C\C=C(/C)c1ccc(N(/C(C)=C/C=C(\C)c2ccccc2)c2ccc(-c3ccc(N(C(/C=C\Cc4ccccc4)=C/C)c4ccc(-c5ccccc5)cc4)cc3)cc2)cc1. The van der Waals surface area contributed by atoms with Crippen LogP contribution in [0.15, 0.2) is 261 Å². The first-order valence-electron chi connectivity index (χ1n) is 21.7. The number of anilines is 4. The Balaban J connectivity index is 1.18.